The minimum absolute atomic E-state index is 0.0354. The summed E-state index contributed by atoms with van der Waals surface area (Å²) < 4.78 is 49.8. The molecule has 1 aliphatic rings. The summed E-state index contributed by atoms with van der Waals surface area (Å²) in [5.41, 5.74) is 0.956. The Morgan fingerprint density at radius 1 is 1.08 bits per heavy atom. The zero-order valence-electron chi connectivity index (χ0n) is 20.7. The van der Waals surface area contributed by atoms with Gasteiger partial charge in [-0.1, -0.05) is 6.07 Å². The molecule has 1 amide bonds. The first-order valence-corrected chi connectivity index (χ1v) is 15.0. The highest BCUT2D eigenvalue weighted by Gasteiger charge is 2.35. The number of hydrogen-bond donors (Lipinski definition) is 4. The van der Waals surface area contributed by atoms with E-state index >= 15 is 0 Å². The molecule has 0 saturated carbocycles. The number of rotatable bonds is 6. The molecule has 2 aromatic carbocycles. The van der Waals surface area contributed by atoms with Gasteiger partial charge in [-0.15, -0.1) is 0 Å². The van der Waals surface area contributed by atoms with E-state index in [1.165, 1.54) is 23.7 Å². The van der Waals surface area contributed by atoms with Crippen LogP contribution in [0.4, 0.5) is 0 Å². The number of carbonyl (C=O) groups is 1. The molecule has 1 aromatic heterocycles. The van der Waals surface area contributed by atoms with E-state index in [0.29, 0.717) is 35.1 Å². The fraction of sp³-hybridized carbons (Fsp3) is 0.417. The van der Waals surface area contributed by atoms with E-state index < -0.39 is 26.2 Å². The third-order valence-corrected chi connectivity index (χ3v) is 9.81. The maximum absolute atomic E-state index is 13.5. The van der Waals surface area contributed by atoms with Crippen LogP contribution in [0.1, 0.15) is 50.0 Å². The van der Waals surface area contributed by atoms with E-state index in [1.807, 2.05) is 20.8 Å². The summed E-state index contributed by atoms with van der Waals surface area (Å²) in [6.45, 7) is 5.62. The molecule has 1 aliphatic heterocycles. The maximum atomic E-state index is 13.5. The SMILES string of the molecule is CNS(=O)(=O)c1cccc(-n2c(=O)n(C(C)C)c3cc(C(=O)NC4(C)CCS(O)(O)CC4)ccc32)c1. The number of nitrogens with one attached hydrogen (secondary N) is 2. The van der Waals surface area contributed by atoms with Gasteiger partial charge in [0.1, 0.15) is 0 Å². The number of sulfonamides is 1. The topological polar surface area (TPSA) is 143 Å². The Kier molecular flexibility index (Phi) is 6.86. The molecule has 3 aromatic rings. The van der Waals surface area contributed by atoms with Crippen molar-refractivity contribution in [1.82, 2.24) is 19.2 Å². The van der Waals surface area contributed by atoms with Gasteiger partial charge in [0.15, 0.2) is 0 Å². The zero-order valence-corrected chi connectivity index (χ0v) is 22.3. The second-order valence-corrected chi connectivity index (χ2v) is 14.0. The lowest BCUT2D eigenvalue weighted by atomic mass is 9.94. The molecular weight excluding hydrogens is 504 g/mol. The van der Waals surface area contributed by atoms with Crippen LogP contribution >= 0.6 is 10.6 Å². The molecule has 0 atom stereocenters. The molecule has 0 bridgehead atoms. The fourth-order valence-corrected chi connectivity index (χ4v) is 7.02. The van der Waals surface area contributed by atoms with Gasteiger partial charge in [-0.25, -0.2) is 17.9 Å². The molecule has 12 heteroatoms. The minimum Gasteiger partial charge on any atom is -0.347 e. The lowest BCUT2D eigenvalue weighted by Gasteiger charge is -2.44. The van der Waals surface area contributed by atoms with Crippen LogP contribution in [-0.4, -0.2) is 56.7 Å². The highest BCUT2D eigenvalue weighted by molar-refractivity contribution is 8.24. The van der Waals surface area contributed by atoms with Gasteiger partial charge in [0.05, 0.1) is 21.6 Å². The van der Waals surface area contributed by atoms with Crippen molar-refractivity contribution in [2.75, 3.05) is 18.6 Å². The summed E-state index contributed by atoms with van der Waals surface area (Å²) in [6, 6.07) is 10.9. The van der Waals surface area contributed by atoms with Crippen LogP contribution in [0.2, 0.25) is 0 Å². The summed E-state index contributed by atoms with van der Waals surface area (Å²) in [4.78, 5) is 26.7. The first-order chi connectivity index (χ1) is 16.8. The normalized spacial score (nSPS) is 18.3. The first kappa shape index (κ1) is 26.4. The summed E-state index contributed by atoms with van der Waals surface area (Å²) in [6.07, 6.45) is 0.921. The second kappa shape index (κ2) is 9.34. The lowest BCUT2D eigenvalue weighted by molar-refractivity contribution is 0.0898. The number of hydrogen-bond acceptors (Lipinski definition) is 6. The third kappa shape index (κ3) is 4.96. The van der Waals surface area contributed by atoms with E-state index in [-0.39, 0.29) is 34.0 Å². The Morgan fingerprint density at radius 2 is 1.75 bits per heavy atom. The third-order valence-electron chi connectivity index (χ3n) is 6.68. The molecule has 1 saturated heterocycles. The van der Waals surface area contributed by atoms with Crippen molar-refractivity contribution in [2.45, 2.75) is 50.1 Å². The lowest BCUT2D eigenvalue weighted by Crippen LogP contribution is -2.50. The largest absolute Gasteiger partial charge is 0.347 e. The Labute approximate surface area is 211 Å². The number of imidazole rings is 1. The van der Waals surface area contributed by atoms with Gasteiger partial charge in [0.2, 0.25) is 10.0 Å². The first-order valence-electron chi connectivity index (χ1n) is 11.6. The summed E-state index contributed by atoms with van der Waals surface area (Å²) in [5, 5.41) is 3.03. The number of aromatic nitrogens is 2. The van der Waals surface area contributed by atoms with Crippen molar-refractivity contribution < 1.29 is 22.3 Å². The van der Waals surface area contributed by atoms with Crippen molar-refractivity contribution >= 4 is 37.6 Å². The van der Waals surface area contributed by atoms with Crippen LogP contribution in [0.15, 0.2) is 52.2 Å². The van der Waals surface area contributed by atoms with Crippen LogP contribution < -0.4 is 15.7 Å². The van der Waals surface area contributed by atoms with Crippen molar-refractivity contribution in [3.05, 3.63) is 58.5 Å². The summed E-state index contributed by atoms with van der Waals surface area (Å²) in [5.74, 6) is 0.192. The smallest absolute Gasteiger partial charge is 0.333 e. The molecule has 0 radical (unpaired) electrons. The van der Waals surface area contributed by atoms with E-state index in [0.717, 1.165) is 0 Å². The Bertz CT molecular complexity index is 1480. The molecule has 0 spiro atoms. The number of fused-ring (bicyclic) bond motifs is 1. The van der Waals surface area contributed by atoms with E-state index in [9.17, 15) is 27.1 Å². The highest BCUT2D eigenvalue weighted by atomic mass is 32.3. The Morgan fingerprint density at radius 3 is 2.36 bits per heavy atom. The van der Waals surface area contributed by atoms with Gasteiger partial charge in [0.25, 0.3) is 5.91 Å². The van der Waals surface area contributed by atoms with E-state index in [1.54, 1.807) is 34.9 Å². The number of benzene rings is 2. The minimum atomic E-state index is -3.70. The van der Waals surface area contributed by atoms with Crippen LogP contribution in [-0.2, 0) is 10.0 Å². The van der Waals surface area contributed by atoms with Crippen LogP contribution in [0.3, 0.4) is 0 Å². The molecule has 2 heterocycles. The number of amides is 1. The molecular formula is C24H32N4O6S2. The summed E-state index contributed by atoms with van der Waals surface area (Å²) in [7, 11) is -4.96. The van der Waals surface area contributed by atoms with E-state index in [2.05, 4.69) is 10.0 Å². The predicted octanol–water partition coefficient (Wildman–Crippen LogP) is 3.31. The van der Waals surface area contributed by atoms with Gasteiger partial charge < -0.3 is 5.32 Å². The van der Waals surface area contributed by atoms with Crippen molar-refractivity contribution in [1.29, 1.82) is 0 Å². The highest BCUT2D eigenvalue weighted by Crippen LogP contribution is 2.46. The monoisotopic (exact) mass is 536 g/mol. The quantitative estimate of drug-likeness (QED) is 0.381. The van der Waals surface area contributed by atoms with Gasteiger partial charge >= 0.3 is 5.69 Å². The fourth-order valence-electron chi connectivity index (χ4n) is 4.49. The number of nitrogens with zero attached hydrogens (tertiary/aromatic N) is 2. The molecule has 36 heavy (non-hydrogen) atoms. The van der Waals surface area contributed by atoms with Crippen LogP contribution in [0.5, 0.6) is 0 Å². The zero-order chi connectivity index (χ0) is 26.5. The molecule has 10 nitrogen and oxygen atoms in total. The van der Waals surface area contributed by atoms with Crippen LogP contribution in [0, 0.1) is 0 Å². The maximum Gasteiger partial charge on any atom is 0.333 e. The van der Waals surface area contributed by atoms with Gasteiger partial charge in [-0.05, 0) is 77.1 Å². The predicted molar refractivity (Wildman–Crippen MR) is 142 cm³/mol. The van der Waals surface area contributed by atoms with Crippen LogP contribution in [0.25, 0.3) is 16.7 Å². The number of carbonyl (C=O) groups excluding carboxylic acids is 1. The van der Waals surface area contributed by atoms with Gasteiger partial charge in [-0.3, -0.25) is 23.0 Å². The van der Waals surface area contributed by atoms with Crippen molar-refractivity contribution in [3.63, 3.8) is 0 Å². The average Bonchev–Trinajstić information content (AvgIpc) is 3.12. The van der Waals surface area contributed by atoms with Crippen molar-refractivity contribution in [3.8, 4) is 5.69 Å². The van der Waals surface area contributed by atoms with Crippen molar-refractivity contribution in [2.24, 2.45) is 0 Å². The second-order valence-electron chi connectivity index (χ2n) is 9.72. The van der Waals surface area contributed by atoms with Gasteiger partial charge in [0, 0.05) is 28.6 Å². The Hall–Kier alpha value is -2.64. The summed E-state index contributed by atoms with van der Waals surface area (Å²) >= 11 is 0. The molecule has 196 valence electrons. The van der Waals surface area contributed by atoms with E-state index in [4.69, 9.17) is 0 Å². The average molecular weight is 537 g/mol. The molecule has 4 rings (SSSR count). The molecule has 4 N–H and O–H groups in total. The molecule has 0 unspecified atom stereocenters. The standard InChI is InChI=1S/C24H32N4O6S2/c1-16(2)27-21-14-17(22(29)26-24(3)10-12-35(31,32)13-11-24)8-9-20(21)28(23(27)30)18-6-5-7-19(15-18)36(33,34)25-4/h5-9,14-16,25,31-32H,10-13H2,1-4H3,(H,26,29). The van der Waals surface area contributed by atoms with Gasteiger partial charge in [-0.2, -0.15) is 10.6 Å². The molecule has 0 aliphatic carbocycles. The molecule has 1 fully saturated rings. The Balaban J connectivity index is 1.77.